The molecule has 10 unspecified atom stereocenters. The second-order valence-electron chi connectivity index (χ2n) is 43.7. The summed E-state index contributed by atoms with van der Waals surface area (Å²) in [5.74, 6) is 0.586. The molecule has 23 heterocycles. The number of piperidine rings is 7. The molecule has 10 bridgehead atoms. The van der Waals surface area contributed by atoms with Gasteiger partial charge in [0.25, 0.3) is 0 Å². The maximum absolute atomic E-state index is 6.41. The van der Waals surface area contributed by atoms with Gasteiger partial charge in [-0.05, 0) is 313 Å². The van der Waals surface area contributed by atoms with Crippen molar-refractivity contribution in [3.8, 4) is 0 Å². The molecule has 0 N–H and O–H groups in total. The Morgan fingerprint density at radius 3 is 1.19 bits per heavy atom. The summed E-state index contributed by atoms with van der Waals surface area (Å²) in [4.78, 5) is 38.3. The van der Waals surface area contributed by atoms with E-state index in [0.29, 0.717) is 52.8 Å². The molecule has 138 heavy (non-hydrogen) atoms. The molecule has 8 saturated heterocycles. The average molecular weight is 1820 g/mol. The van der Waals surface area contributed by atoms with Crippen LogP contribution < -0.4 is 29.4 Å². The van der Waals surface area contributed by atoms with E-state index in [9.17, 15) is 0 Å². The summed E-state index contributed by atoms with van der Waals surface area (Å²) in [6.45, 7) is 31.4. The number of aryl methyl sites for hydroxylation is 5. The van der Waals surface area contributed by atoms with Crippen molar-refractivity contribution in [1.29, 1.82) is 0 Å². The quantitative estimate of drug-likeness (QED) is 0.161. The van der Waals surface area contributed by atoms with Gasteiger partial charge >= 0.3 is 0 Å². The van der Waals surface area contributed by atoms with Crippen molar-refractivity contribution in [2.45, 2.75) is 262 Å². The summed E-state index contributed by atoms with van der Waals surface area (Å²) in [5, 5.41) is 11.4. The third kappa shape index (κ3) is 11.3. The molecule has 16 heteroatoms. The summed E-state index contributed by atoms with van der Waals surface area (Å²) < 4.78 is 31.8. The van der Waals surface area contributed by atoms with Crippen LogP contribution in [0.2, 0.25) is 0 Å². The first-order valence-electron chi connectivity index (χ1n) is 51.0. The van der Waals surface area contributed by atoms with Gasteiger partial charge in [0.05, 0.1) is 57.3 Å². The van der Waals surface area contributed by atoms with E-state index in [2.05, 4.69) is 332 Å². The first-order valence-corrected chi connectivity index (χ1v) is 51.0. The molecule has 19 aromatic rings. The predicted octanol–water partition coefficient (Wildman–Crippen LogP) is 30.0. The Labute approximate surface area is 805 Å². The van der Waals surface area contributed by atoms with Crippen molar-refractivity contribution in [2.24, 2.45) is 5.41 Å². The van der Waals surface area contributed by atoms with E-state index in [1.165, 1.54) is 184 Å². The molecular weight excluding hydrogens is 1700 g/mol. The van der Waals surface area contributed by atoms with E-state index in [-0.39, 0.29) is 33.6 Å². The molecule has 10 atom stereocenters. The van der Waals surface area contributed by atoms with E-state index >= 15 is 0 Å². The Morgan fingerprint density at radius 2 is 0.703 bits per heavy atom. The lowest BCUT2D eigenvalue weighted by Gasteiger charge is -2.70. The molecular formula is C122H119N11O5. The van der Waals surface area contributed by atoms with Crippen molar-refractivity contribution < 1.29 is 22.1 Å². The highest BCUT2D eigenvalue weighted by Gasteiger charge is 2.67. The summed E-state index contributed by atoms with van der Waals surface area (Å²) in [6.07, 6.45) is 28.7. The van der Waals surface area contributed by atoms with Crippen molar-refractivity contribution in [3.63, 3.8) is 0 Å². The van der Waals surface area contributed by atoms with Crippen LogP contribution in [0.3, 0.4) is 0 Å². The number of fused-ring (bicyclic) bond motifs is 21. The van der Waals surface area contributed by atoms with Crippen molar-refractivity contribution >= 4 is 144 Å². The van der Waals surface area contributed by atoms with E-state index in [1.807, 2.05) is 42.7 Å². The van der Waals surface area contributed by atoms with Crippen LogP contribution in [0.4, 0.5) is 34.1 Å². The van der Waals surface area contributed by atoms with Gasteiger partial charge < -0.3 is 51.5 Å². The molecule has 21 aliphatic rings. The summed E-state index contributed by atoms with van der Waals surface area (Å²) in [6, 6.07) is 81.2. The Kier molecular flexibility index (Phi) is 18.2. The van der Waals surface area contributed by atoms with Gasteiger partial charge in [0.1, 0.15) is 0 Å². The van der Waals surface area contributed by atoms with Crippen LogP contribution in [-0.2, 0) is 27.4 Å². The van der Waals surface area contributed by atoms with Gasteiger partial charge in [-0.1, -0.05) is 159 Å². The Morgan fingerprint density at radius 1 is 0.304 bits per heavy atom. The number of para-hydroxylation sites is 1. The highest BCUT2D eigenvalue weighted by Crippen LogP contribution is 2.70. The first kappa shape index (κ1) is 83.9. The van der Waals surface area contributed by atoms with Crippen LogP contribution >= 0.6 is 0 Å². The molecule has 0 amide bonds. The lowest BCUT2D eigenvalue weighted by Crippen LogP contribution is -2.72. The van der Waals surface area contributed by atoms with Crippen LogP contribution in [0.1, 0.15) is 230 Å². The standard InChI is InChI=1S/C26H24N2O.C26H26N2O.C24H23N3O.C24H22N2O.C22H24N2O/c1-16-9-10-18-19-6-5-15-27-24(19)29-23(18)22(16)28-17(2)25-11-13-26(28,14-12-25)21-8-4-3-7-20(21)25;1-16-11-12-18-19-8-7-15-27-24(19)29-23(18)22(16)28-17(2)25(3)13-14-26(28,4)21-10-6-5-9-20(21)25;1-15-10-11-17-18-7-6-13-25-23(18)28-22(17)21(15)27-16(2)26-14-12-24(27,3)19-8-4-5-9-20(19)26;1-14-9-10-19-20-8-5-13-25-24(20)27-23(19)22(14)26-15(2)16-11-12-21(26)18-7-4-3-6-17(16)18;1-14-5-6-16-17-4-3-13-23-20(17)25-19(16)18(14)24-15(2)21-7-10-22(24,11-8-21)12-9-21/h3-10,15,17H,11-14H2,1-2H3;5-12,15,17H,13-14H2,1-4H3;4-11,13,16H,12,14H2,1-3H3;3-10,13,15-16,21H,11-12H2,1-2H3;3-6,13,15H,7-12H2,1-2H3. The number of anilines is 6. The van der Waals surface area contributed by atoms with Gasteiger partial charge in [-0.15, -0.1) is 0 Å². The summed E-state index contributed by atoms with van der Waals surface area (Å²) in [7, 11) is 0. The first-order chi connectivity index (χ1) is 67.1. The largest absolute Gasteiger partial charge is 0.436 e. The molecule has 12 fully saturated rings. The second kappa shape index (κ2) is 30.0. The fourth-order valence-electron chi connectivity index (χ4n) is 30.5. The number of rotatable bonds is 5. The highest BCUT2D eigenvalue weighted by atomic mass is 16.4. The number of furan rings is 5. The van der Waals surface area contributed by atoms with Gasteiger partial charge in [-0.25, -0.2) is 24.9 Å². The number of benzene rings is 9. The van der Waals surface area contributed by atoms with Crippen molar-refractivity contribution in [3.05, 3.63) is 316 Å². The van der Waals surface area contributed by atoms with E-state index < -0.39 is 0 Å². The number of hydrogen-bond acceptors (Lipinski definition) is 16. The van der Waals surface area contributed by atoms with Gasteiger partial charge in [0.2, 0.25) is 28.6 Å². The number of aromatic nitrogens is 5. The second-order valence-corrected chi connectivity index (χ2v) is 43.7. The minimum Gasteiger partial charge on any atom is -0.436 e. The molecule has 13 aliphatic heterocycles. The maximum Gasteiger partial charge on any atom is 0.227 e. The molecule has 692 valence electrons. The Bertz CT molecular complexity index is 8090. The number of nitrogens with zero attached hydrogens (tertiary/aromatic N) is 11. The Hall–Kier alpha value is -13.5. The maximum atomic E-state index is 6.41. The molecule has 40 rings (SSSR count). The molecule has 0 spiro atoms. The van der Waals surface area contributed by atoms with E-state index in [1.54, 1.807) is 35.3 Å². The zero-order valence-electron chi connectivity index (χ0n) is 81.5. The van der Waals surface area contributed by atoms with Crippen LogP contribution in [0.25, 0.3) is 110 Å². The lowest BCUT2D eigenvalue weighted by atomic mass is 9.47. The number of pyridine rings is 5. The number of hydrogen-bond donors (Lipinski definition) is 0. The summed E-state index contributed by atoms with van der Waals surface area (Å²) >= 11 is 0. The monoisotopic (exact) mass is 1820 g/mol. The molecule has 0 radical (unpaired) electrons. The fraction of sp³-hybridized carbons (Fsp3) is 0.352. The van der Waals surface area contributed by atoms with Crippen LogP contribution in [0, 0.1) is 40.0 Å². The minimum atomic E-state index is -0.0593. The molecule has 8 aliphatic carbocycles. The van der Waals surface area contributed by atoms with Gasteiger partial charge in [-0.2, -0.15) is 0 Å². The smallest absolute Gasteiger partial charge is 0.227 e. The minimum absolute atomic E-state index is 0.0424. The predicted molar refractivity (Wildman–Crippen MR) is 559 cm³/mol. The third-order valence-corrected chi connectivity index (χ3v) is 37.8. The zero-order valence-corrected chi connectivity index (χ0v) is 81.5. The average Bonchev–Trinajstić information content (AvgIpc) is 0.840. The molecule has 4 saturated carbocycles. The van der Waals surface area contributed by atoms with E-state index in [4.69, 9.17) is 22.1 Å². The SMILES string of the molecule is Cc1ccc2c(oc3ncccc32)c1N1C(C)C2(C)CCC1(C)c1ccccc12.Cc1ccc2c(oc3ncccc32)c1N1C(C)C23CCC1(CC2)CC3.Cc1ccc2c(oc3ncccc32)c1N1C(C)C23CCC1(CC2)c1ccccc13.Cc1ccc2c(oc3ncccc32)c1N1C(C)N2CCC1(C)c1ccccc12.Cc1ccc2c(oc3ncccc32)c1N1C2CCC(c3ccccc32)C1C. The van der Waals surface area contributed by atoms with Crippen LogP contribution in [0.15, 0.2) is 271 Å². The van der Waals surface area contributed by atoms with Gasteiger partial charge in [0.15, 0.2) is 27.9 Å². The van der Waals surface area contributed by atoms with Crippen LogP contribution in [0.5, 0.6) is 0 Å². The van der Waals surface area contributed by atoms with Crippen LogP contribution in [-0.4, -0.2) is 67.3 Å². The normalized spacial score (nSPS) is 27.8. The van der Waals surface area contributed by atoms with Crippen molar-refractivity contribution in [2.75, 3.05) is 35.9 Å². The van der Waals surface area contributed by atoms with Gasteiger partial charge in [0, 0.05) is 149 Å². The molecule has 10 aromatic heterocycles. The van der Waals surface area contributed by atoms with Crippen molar-refractivity contribution in [1.82, 2.24) is 24.9 Å². The Balaban J connectivity index is 0.0000000871. The lowest BCUT2D eigenvalue weighted by molar-refractivity contribution is -0.0446. The third-order valence-electron chi connectivity index (χ3n) is 37.8. The molecule has 9 aromatic carbocycles. The van der Waals surface area contributed by atoms with Gasteiger partial charge in [-0.3, -0.25) is 0 Å². The fourth-order valence-corrected chi connectivity index (χ4v) is 30.5. The summed E-state index contributed by atoms with van der Waals surface area (Å²) in [5.41, 5.74) is 34.6. The zero-order chi connectivity index (χ0) is 93.3. The topological polar surface area (TPSA) is 150 Å². The van der Waals surface area contributed by atoms with E-state index in [0.717, 1.165) is 108 Å². The molecule has 16 nitrogen and oxygen atoms in total. The highest BCUT2D eigenvalue weighted by molar-refractivity contribution is 6.13.